The molecule has 0 fully saturated rings. The van der Waals surface area contributed by atoms with E-state index in [4.69, 9.17) is 10.5 Å². The second kappa shape index (κ2) is 5.65. The van der Waals surface area contributed by atoms with Gasteiger partial charge in [0, 0.05) is 6.20 Å². The van der Waals surface area contributed by atoms with Crippen LogP contribution < -0.4 is 10.5 Å². The fraction of sp³-hybridized carbons (Fsp3) is 0.267. The first-order chi connectivity index (χ1) is 8.76. The Labute approximate surface area is 108 Å². The molecule has 18 heavy (non-hydrogen) atoms. The van der Waals surface area contributed by atoms with E-state index in [1.165, 1.54) is 5.56 Å². The van der Waals surface area contributed by atoms with Gasteiger partial charge in [0.25, 0.3) is 0 Å². The minimum atomic E-state index is -0.188. The van der Waals surface area contributed by atoms with Gasteiger partial charge >= 0.3 is 0 Å². The maximum absolute atomic E-state index is 6.28. The minimum Gasteiger partial charge on any atom is -0.497 e. The lowest BCUT2D eigenvalue weighted by molar-refractivity contribution is 0.414. The number of methoxy groups -OCH3 is 1. The molecule has 1 heterocycles. The molecule has 0 saturated carbocycles. The van der Waals surface area contributed by atoms with E-state index in [9.17, 15) is 0 Å². The van der Waals surface area contributed by atoms with Gasteiger partial charge in [-0.3, -0.25) is 4.98 Å². The first kappa shape index (κ1) is 12.6. The molecule has 0 radical (unpaired) electrons. The molecule has 2 aromatic rings. The number of benzene rings is 1. The third-order valence-electron chi connectivity index (χ3n) is 3.08. The summed E-state index contributed by atoms with van der Waals surface area (Å²) in [6.07, 6.45) is 2.73. The van der Waals surface area contributed by atoms with Crippen molar-refractivity contribution in [2.45, 2.75) is 19.4 Å². The summed E-state index contributed by atoms with van der Waals surface area (Å²) < 4.78 is 5.14. The summed E-state index contributed by atoms with van der Waals surface area (Å²) in [5, 5.41) is 0. The van der Waals surface area contributed by atoms with Crippen LogP contribution in [0.25, 0.3) is 0 Å². The maximum Gasteiger partial charge on any atom is 0.118 e. The van der Waals surface area contributed by atoms with Crippen molar-refractivity contribution in [3.63, 3.8) is 0 Å². The zero-order valence-corrected chi connectivity index (χ0v) is 10.8. The van der Waals surface area contributed by atoms with Crippen molar-refractivity contribution in [1.29, 1.82) is 0 Å². The molecule has 94 valence electrons. The molecule has 0 aliphatic carbocycles. The molecule has 0 aliphatic heterocycles. The zero-order valence-electron chi connectivity index (χ0n) is 10.8. The molecule has 0 amide bonds. The highest BCUT2D eigenvalue weighted by atomic mass is 16.5. The second-order valence-corrected chi connectivity index (χ2v) is 4.15. The molecular weight excluding hydrogens is 224 g/mol. The predicted molar refractivity (Wildman–Crippen MR) is 72.6 cm³/mol. The average molecular weight is 242 g/mol. The molecule has 2 rings (SSSR count). The van der Waals surface area contributed by atoms with Crippen molar-refractivity contribution in [2.75, 3.05) is 7.11 Å². The van der Waals surface area contributed by atoms with E-state index < -0.39 is 0 Å². The van der Waals surface area contributed by atoms with Crippen LogP contribution in [0.4, 0.5) is 0 Å². The zero-order chi connectivity index (χ0) is 13.0. The van der Waals surface area contributed by atoms with Crippen LogP contribution in [0, 0.1) is 0 Å². The predicted octanol–water partition coefficient (Wildman–Crippen LogP) is 2.70. The van der Waals surface area contributed by atoms with Gasteiger partial charge in [-0.05, 0) is 35.7 Å². The normalized spacial score (nSPS) is 12.2. The summed E-state index contributed by atoms with van der Waals surface area (Å²) in [4.78, 5) is 4.41. The maximum atomic E-state index is 6.28. The van der Waals surface area contributed by atoms with Gasteiger partial charge in [0.15, 0.2) is 0 Å². The standard InChI is InChI=1S/C15H18N2O/c1-3-11-5-4-10-17-15(11)14(16)12-6-8-13(18-2)9-7-12/h4-10,14H,3,16H2,1-2H3. The monoisotopic (exact) mass is 242 g/mol. The lowest BCUT2D eigenvalue weighted by Crippen LogP contribution is -2.15. The Hall–Kier alpha value is -1.87. The summed E-state index contributed by atoms with van der Waals surface area (Å²) in [5.74, 6) is 0.836. The Bertz CT molecular complexity index is 508. The average Bonchev–Trinajstić information content (AvgIpc) is 2.46. The second-order valence-electron chi connectivity index (χ2n) is 4.15. The number of aryl methyl sites for hydroxylation is 1. The van der Waals surface area contributed by atoms with E-state index in [1.807, 2.05) is 30.3 Å². The van der Waals surface area contributed by atoms with E-state index in [2.05, 4.69) is 18.0 Å². The number of ether oxygens (including phenoxy) is 1. The number of aromatic nitrogens is 1. The molecule has 1 unspecified atom stereocenters. The Balaban J connectivity index is 2.31. The lowest BCUT2D eigenvalue weighted by atomic mass is 9.99. The molecule has 0 saturated heterocycles. The van der Waals surface area contributed by atoms with Crippen molar-refractivity contribution >= 4 is 0 Å². The van der Waals surface area contributed by atoms with E-state index in [0.29, 0.717) is 0 Å². The van der Waals surface area contributed by atoms with Crippen LogP contribution in [0.3, 0.4) is 0 Å². The number of rotatable bonds is 4. The molecular formula is C15H18N2O. The van der Waals surface area contributed by atoms with Crippen molar-refractivity contribution in [2.24, 2.45) is 5.73 Å². The molecule has 0 aliphatic rings. The van der Waals surface area contributed by atoms with Gasteiger partial charge in [0.05, 0.1) is 18.8 Å². The number of nitrogens with two attached hydrogens (primary N) is 1. The smallest absolute Gasteiger partial charge is 0.118 e. The van der Waals surface area contributed by atoms with E-state index in [1.54, 1.807) is 13.3 Å². The first-order valence-corrected chi connectivity index (χ1v) is 6.09. The summed E-state index contributed by atoms with van der Waals surface area (Å²) >= 11 is 0. The molecule has 1 aromatic carbocycles. The minimum absolute atomic E-state index is 0.188. The number of pyridine rings is 1. The van der Waals surface area contributed by atoms with Gasteiger partial charge in [-0.2, -0.15) is 0 Å². The van der Waals surface area contributed by atoms with Crippen LogP contribution in [-0.2, 0) is 6.42 Å². The third-order valence-corrected chi connectivity index (χ3v) is 3.08. The van der Waals surface area contributed by atoms with Crippen LogP contribution >= 0.6 is 0 Å². The van der Waals surface area contributed by atoms with Crippen molar-refractivity contribution < 1.29 is 4.74 Å². The van der Waals surface area contributed by atoms with Crippen molar-refractivity contribution in [3.05, 3.63) is 59.4 Å². The summed E-state index contributed by atoms with van der Waals surface area (Å²) in [6.45, 7) is 2.11. The van der Waals surface area contributed by atoms with Crippen LogP contribution in [0.5, 0.6) is 5.75 Å². The fourth-order valence-corrected chi connectivity index (χ4v) is 2.00. The van der Waals surface area contributed by atoms with E-state index >= 15 is 0 Å². The summed E-state index contributed by atoms with van der Waals surface area (Å²) in [5.41, 5.74) is 9.47. The van der Waals surface area contributed by atoms with Gasteiger partial charge in [-0.1, -0.05) is 25.1 Å². The Morgan fingerprint density at radius 3 is 2.56 bits per heavy atom. The van der Waals surface area contributed by atoms with Crippen molar-refractivity contribution in [3.8, 4) is 5.75 Å². The SMILES string of the molecule is CCc1cccnc1C(N)c1ccc(OC)cc1. The van der Waals surface area contributed by atoms with E-state index in [-0.39, 0.29) is 6.04 Å². The van der Waals surface area contributed by atoms with Crippen LogP contribution in [0.15, 0.2) is 42.6 Å². The van der Waals surface area contributed by atoms with Crippen molar-refractivity contribution in [1.82, 2.24) is 4.98 Å². The summed E-state index contributed by atoms with van der Waals surface area (Å²) in [6, 6.07) is 11.6. The number of hydrogen-bond donors (Lipinski definition) is 1. The van der Waals surface area contributed by atoms with Gasteiger partial charge in [0.2, 0.25) is 0 Å². The molecule has 3 heteroatoms. The molecule has 1 atom stereocenters. The Morgan fingerprint density at radius 1 is 1.22 bits per heavy atom. The highest BCUT2D eigenvalue weighted by Gasteiger charge is 2.13. The van der Waals surface area contributed by atoms with Gasteiger partial charge in [-0.15, -0.1) is 0 Å². The Morgan fingerprint density at radius 2 is 1.94 bits per heavy atom. The molecule has 3 nitrogen and oxygen atoms in total. The van der Waals surface area contributed by atoms with E-state index in [0.717, 1.165) is 23.4 Å². The third kappa shape index (κ3) is 2.51. The quantitative estimate of drug-likeness (QED) is 0.896. The highest BCUT2D eigenvalue weighted by Crippen LogP contribution is 2.23. The van der Waals surface area contributed by atoms with Crippen LogP contribution in [-0.4, -0.2) is 12.1 Å². The number of hydrogen-bond acceptors (Lipinski definition) is 3. The molecule has 1 aromatic heterocycles. The van der Waals surface area contributed by atoms with Gasteiger partial charge in [-0.25, -0.2) is 0 Å². The molecule has 2 N–H and O–H groups in total. The van der Waals surface area contributed by atoms with Crippen LogP contribution in [0.2, 0.25) is 0 Å². The highest BCUT2D eigenvalue weighted by molar-refractivity contribution is 5.35. The first-order valence-electron chi connectivity index (χ1n) is 6.09. The molecule has 0 bridgehead atoms. The summed E-state index contributed by atoms with van der Waals surface area (Å²) in [7, 11) is 1.66. The largest absolute Gasteiger partial charge is 0.497 e. The van der Waals surface area contributed by atoms with Gasteiger partial charge < -0.3 is 10.5 Å². The van der Waals surface area contributed by atoms with Gasteiger partial charge in [0.1, 0.15) is 5.75 Å². The molecule has 0 spiro atoms. The lowest BCUT2D eigenvalue weighted by Gasteiger charge is -2.15. The number of nitrogens with zero attached hydrogens (tertiary/aromatic N) is 1. The topological polar surface area (TPSA) is 48.1 Å². The Kier molecular flexibility index (Phi) is 3.95. The van der Waals surface area contributed by atoms with Crippen LogP contribution in [0.1, 0.15) is 29.8 Å². The fourth-order valence-electron chi connectivity index (χ4n) is 2.00.